The summed E-state index contributed by atoms with van der Waals surface area (Å²) >= 11 is 3.47. The van der Waals surface area contributed by atoms with Crippen molar-refractivity contribution in [2.45, 2.75) is 46.3 Å². The van der Waals surface area contributed by atoms with Crippen molar-refractivity contribution in [3.8, 4) is 0 Å². The van der Waals surface area contributed by atoms with Gasteiger partial charge in [0.25, 0.3) is 0 Å². The van der Waals surface area contributed by atoms with Crippen LogP contribution in [0.5, 0.6) is 0 Å². The molecule has 6 heteroatoms. The van der Waals surface area contributed by atoms with Crippen LogP contribution in [0.25, 0.3) is 0 Å². The first-order chi connectivity index (χ1) is 10.2. The Hall–Kier alpha value is -1.30. The summed E-state index contributed by atoms with van der Waals surface area (Å²) < 4.78 is 6.46. The van der Waals surface area contributed by atoms with E-state index in [1.807, 2.05) is 27.0 Å². The van der Waals surface area contributed by atoms with E-state index in [2.05, 4.69) is 45.7 Å². The Morgan fingerprint density at radius 1 is 1.41 bits per heavy atom. The van der Waals surface area contributed by atoms with Crippen LogP contribution in [0, 0.1) is 6.92 Å². The van der Waals surface area contributed by atoms with Crippen molar-refractivity contribution < 1.29 is 9.53 Å². The van der Waals surface area contributed by atoms with Crippen LogP contribution in [0.4, 0.5) is 10.6 Å². The molecule has 1 aliphatic rings. The minimum atomic E-state index is -0.457. The summed E-state index contributed by atoms with van der Waals surface area (Å²) in [6, 6.07) is 2.28. The van der Waals surface area contributed by atoms with Crippen molar-refractivity contribution in [1.29, 1.82) is 0 Å². The zero-order valence-electron chi connectivity index (χ0n) is 13.9. The highest BCUT2D eigenvalue weighted by molar-refractivity contribution is 9.10. The number of aromatic nitrogens is 1. The maximum absolute atomic E-state index is 12.2. The molecule has 2 rings (SSSR count). The highest BCUT2D eigenvalue weighted by atomic mass is 79.9. The number of ether oxygens (including phenoxy) is 1. The largest absolute Gasteiger partial charge is 0.444 e. The first-order valence-electron chi connectivity index (χ1n) is 7.54. The third kappa shape index (κ3) is 4.12. The number of aryl methyl sites for hydroxylation is 1. The number of pyridine rings is 1. The van der Waals surface area contributed by atoms with Crippen LogP contribution in [-0.4, -0.2) is 47.3 Å². The molecule has 22 heavy (non-hydrogen) atoms. The van der Waals surface area contributed by atoms with Crippen molar-refractivity contribution in [2.24, 2.45) is 0 Å². The maximum atomic E-state index is 12.2. The van der Waals surface area contributed by atoms with Gasteiger partial charge in [0, 0.05) is 36.3 Å². The minimum Gasteiger partial charge on any atom is -0.444 e. The van der Waals surface area contributed by atoms with E-state index in [0.717, 1.165) is 22.4 Å². The molecule has 5 nitrogen and oxygen atoms in total. The zero-order valence-corrected chi connectivity index (χ0v) is 15.5. The molecule has 0 unspecified atom stereocenters. The fourth-order valence-corrected chi connectivity index (χ4v) is 2.69. The van der Waals surface area contributed by atoms with Crippen LogP contribution in [0.15, 0.2) is 16.7 Å². The molecule has 1 atom stereocenters. The van der Waals surface area contributed by atoms with E-state index in [0.29, 0.717) is 13.1 Å². The number of carbonyl (C=O) groups is 1. The predicted octanol–water partition coefficient (Wildman–Crippen LogP) is 3.60. The average molecular weight is 370 g/mol. The van der Waals surface area contributed by atoms with E-state index in [1.54, 1.807) is 4.90 Å². The number of halogens is 1. The molecule has 0 aromatic carbocycles. The van der Waals surface area contributed by atoms with Gasteiger partial charge >= 0.3 is 6.09 Å². The first-order valence-corrected chi connectivity index (χ1v) is 8.33. The van der Waals surface area contributed by atoms with E-state index < -0.39 is 5.60 Å². The molecule has 1 saturated heterocycles. The molecule has 1 fully saturated rings. The third-order valence-corrected chi connectivity index (χ3v) is 4.44. The SMILES string of the molecule is Cc1cc(N2CCN(C(=O)OC(C)(C)C)C[C@H]2C)ncc1Br. The number of hydrogen-bond acceptors (Lipinski definition) is 4. The van der Waals surface area contributed by atoms with Gasteiger partial charge in [0.15, 0.2) is 0 Å². The summed E-state index contributed by atoms with van der Waals surface area (Å²) in [5.41, 5.74) is 0.703. The maximum Gasteiger partial charge on any atom is 0.410 e. The molecule has 0 radical (unpaired) electrons. The number of hydrogen-bond donors (Lipinski definition) is 0. The minimum absolute atomic E-state index is 0.203. The van der Waals surface area contributed by atoms with Gasteiger partial charge in [-0.1, -0.05) is 0 Å². The van der Waals surface area contributed by atoms with Crippen molar-refractivity contribution in [3.63, 3.8) is 0 Å². The quantitative estimate of drug-likeness (QED) is 0.758. The number of carbonyl (C=O) groups excluding carboxylic acids is 1. The molecule has 2 heterocycles. The lowest BCUT2D eigenvalue weighted by molar-refractivity contribution is 0.0218. The monoisotopic (exact) mass is 369 g/mol. The van der Waals surface area contributed by atoms with Crippen molar-refractivity contribution in [1.82, 2.24) is 9.88 Å². The highest BCUT2D eigenvalue weighted by Crippen LogP contribution is 2.24. The van der Waals surface area contributed by atoms with Gasteiger partial charge in [0.1, 0.15) is 11.4 Å². The summed E-state index contributed by atoms with van der Waals surface area (Å²) in [5.74, 6) is 0.956. The summed E-state index contributed by atoms with van der Waals surface area (Å²) in [6.45, 7) is 11.9. The van der Waals surface area contributed by atoms with Crippen molar-refractivity contribution in [2.75, 3.05) is 24.5 Å². The van der Waals surface area contributed by atoms with E-state index in [1.165, 1.54) is 0 Å². The summed E-state index contributed by atoms with van der Waals surface area (Å²) in [4.78, 5) is 20.7. The van der Waals surface area contributed by atoms with E-state index in [4.69, 9.17) is 4.74 Å². The predicted molar refractivity (Wildman–Crippen MR) is 91.3 cm³/mol. The molecular weight excluding hydrogens is 346 g/mol. The van der Waals surface area contributed by atoms with Gasteiger partial charge in [0.2, 0.25) is 0 Å². The van der Waals surface area contributed by atoms with Gasteiger partial charge in [-0.25, -0.2) is 9.78 Å². The van der Waals surface area contributed by atoms with E-state index >= 15 is 0 Å². The molecule has 0 N–H and O–H groups in total. The molecule has 1 aromatic rings. The van der Waals surface area contributed by atoms with Gasteiger partial charge in [-0.2, -0.15) is 0 Å². The van der Waals surface area contributed by atoms with Gasteiger partial charge in [-0.3, -0.25) is 0 Å². The molecule has 122 valence electrons. The van der Waals surface area contributed by atoms with Gasteiger partial charge < -0.3 is 14.5 Å². The fourth-order valence-electron chi connectivity index (χ4n) is 2.47. The van der Waals surface area contributed by atoms with Crippen LogP contribution < -0.4 is 4.90 Å². The number of rotatable bonds is 1. The Morgan fingerprint density at radius 3 is 2.64 bits per heavy atom. The van der Waals surface area contributed by atoms with Crippen LogP contribution in [0.3, 0.4) is 0 Å². The second-order valence-electron chi connectivity index (χ2n) is 6.76. The first kappa shape index (κ1) is 17.1. The fraction of sp³-hybridized carbons (Fsp3) is 0.625. The lowest BCUT2D eigenvalue weighted by Gasteiger charge is -2.40. The second kappa shape index (κ2) is 6.44. The van der Waals surface area contributed by atoms with Crippen molar-refractivity contribution in [3.05, 3.63) is 22.3 Å². The Balaban J connectivity index is 2.03. The number of nitrogens with zero attached hydrogens (tertiary/aromatic N) is 3. The topological polar surface area (TPSA) is 45.7 Å². The molecule has 0 spiro atoms. The smallest absolute Gasteiger partial charge is 0.410 e. The number of anilines is 1. The normalized spacial score (nSPS) is 19.3. The summed E-state index contributed by atoms with van der Waals surface area (Å²) in [5, 5.41) is 0. The molecule has 0 saturated carbocycles. The molecule has 1 amide bonds. The summed E-state index contributed by atoms with van der Waals surface area (Å²) in [7, 11) is 0. The Kier molecular flexibility index (Phi) is 5.00. The second-order valence-corrected chi connectivity index (χ2v) is 7.61. The Bertz CT molecular complexity index is 557. The highest BCUT2D eigenvalue weighted by Gasteiger charge is 2.30. The average Bonchev–Trinajstić information content (AvgIpc) is 2.40. The van der Waals surface area contributed by atoms with Gasteiger partial charge in [-0.05, 0) is 62.2 Å². The van der Waals surface area contributed by atoms with E-state index in [-0.39, 0.29) is 12.1 Å². The zero-order chi connectivity index (χ0) is 16.5. The third-order valence-electron chi connectivity index (χ3n) is 3.61. The van der Waals surface area contributed by atoms with Crippen molar-refractivity contribution >= 4 is 27.8 Å². The Morgan fingerprint density at radius 2 is 2.09 bits per heavy atom. The molecule has 0 bridgehead atoms. The number of piperazine rings is 1. The van der Waals surface area contributed by atoms with Crippen LogP contribution in [0.2, 0.25) is 0 Å². The van der Waals surface area contributed by atoms with Crippen LogP contribution >= 0.6 is 15.9 Å². The number of amides is 1. The van der Waals surface area contributed by atoms with Gasteiger partial charge in [-0.15, -0.1) is 0 Å². The summed E-state index contributed by atoms with van der Waals surface area (Å²) in [6.07, 6.45) is 1.59. The lowest BCUT2D eigenvalue weighted by Crippen LogP contribution is -2.54. The lowest BCUT2D eigenvalue weighted by atomic mass is 10.1. The molecular formula is C16H24BrN3O2. The van der Waals surface area contributed by atoms with Gasteiger partial charge in [0.05, 0.1) is 0 Å². The van der Waals surface area contributed by atoms with Crippen LogP contribution in [0.1, 0.15) is 33.3 Å². The molecule has 1 aromatic heterocycles. The standard InChI is InChI=1S/C16H24BrN3O2/c1-11-8-14(18-9-13(11)17)20-7-6-19(10-12(20)2)15(21)22-16(3,4)5/h8-9,12H,6-7,10H2,1-5H3/t12-/m1/s1. The molecule has 1 aliphatic heterocycles. The van der Waals surface area contributed by atoms with E-state index in [9.17, 15) is 4.79 Å². The van der Waals surface area contributed by atoms with Crippen LogP contribution in [-0.2, 0) is 4.74 Å². The Labute approximate surface area is 140 Å². The molecule has 0 aliphatic carbocycles.